The summed E-state index contributed by atoms with van der Waals surface area (Å²) in [6.45, 7) is 0.698. The Labute approximate surface area is 129 Å². The highest BCUT2D eigenvalue weighted by atomic mass is 127. The number of rotatable bonds is 4. The van der Waals surface area contributed by atoms with Crippen LogP contribution in [0.2, 0.25) is 0 Å². The predicted molar refractivity (Wildman–Crippen MR) is 85.8 cm³/mol. The lowest BCUT2D eigenvalue weighted by Crippen LogP contribution is -2.24. The molecule has 1 fully saturated rings. The minimum atomic E-state index is -0.580. The quantitative estimate of drug-likeness (QED) is 0.252. The molecule has 1 saturated heterocycles. The first-order valence-corrected chi connectivity index (χ1v) is 8.15. The van der Waals surface area contributed by atoms with E-state index < -0.39 is 10.0 Å². The van der Waals surface area contributed by atoms with Crippen LogP contribution in [0.25, 0.3) is 0 Å². The number of carbonyl (C=O) groups excluding carboxylic acids is 1. The van der Waals surface area contributed by atoms with Crippen LogP contribution in [-0.2, 0) is 4.79 Å². The molecule has 0 amide bonds. The summed E-state index contributed by atoms with van der Waals surface area (Å²) in [5, 5.41) is 13.8. The number of hydrogen-bond donors (Lipinski definition) is 1. The van der Waals surface area contributed by atoms with Crippen molar-refractivity contribution in [1.29, 1.82) is 0 Å². The Hall–Kier alpha value is 0.390. The Kier molecular flexibility index (Phi) is 9.55. The standard InChI is InChI=1S/C8H11IN2O3S2.H2S/c9-2-5-16-8(12)6(11(13)14)7-10-3-1-4-15-7;/h10H,1-5H2;1H2/b7-6+;. The van der Waals surface area contributed by atoms with Crippen molar-refractivity contribution < 1.29 is 9.72 Å². The Morgan fingerprint density at radius 1 is 1.65 bits per heavy atom. The van der Waals surface area contributed by atoms with E-state index in [-0.39, 0.29) is 19.2 Å². The topological polar surface area (TPSA) is 72.2 Å². The zero-order chi connectivity index (χ0) is 12.0. The molecule has 0 bridgehead atoms. The second kappa shape index (κ2) is 9.34. The number of thioether (sulfide) groups is 2. The SMILES string of the molecule is O=C(SCCI)/C(=C1/NCCCS1)[N+](=O)[O-].S. The number of nitrogens with zero attached hydrogens (tertiary/aromatic N) is 1. The summed E-state index contributed by atoms with van der Waals surface area (Å²) in [6, 6.07) is 0. The molecule has 1 aliphatic heterocycles. The molecule has 5 nitrogen and oxygen atoms in total. The molecule has 0 unspecified atom stereocenters. The van der Waals surface area contributed by atoms with Gasteiger partial charge in [0, 0.05) is 22.5 Å². The van der Waals surface area contributed by atoms with E-state index in [9.17, 15) is 14.9 Å². The van der Waals surface area contributed by atoms with E-state index in [1.54, 1.807) is 0 Å². The van der Waals surface area contributed by atoms with Crippen molar-refractivity contribution in [2.24, 2.45) is 0 Å². The summed E-state index contributed by atoms with van der Waals surface area (Å²) in [5.41, 5.74) is -0.292. The van der Waals surface area contributed by atoms with Crippen LogP contribution in [0, 0.1) is 10.1 Å². The van der Waals surface area contributed by atoms with Gasteiger partial charge in [-0.3, -0.25) is 14.9 Å². The van der Waals surface area contributed by atoms with Crippen LogP contribution in [0.15, 0.2) is 10.7 Å². The predicted octanol–water partition coefficient (Wildman–Crippen LogP) is 1.97. The molecule has 0 spiro atoms. The van der Waals surface area contributed by atoms with E-state index in [0.29, 0.717) is 17.3 Å². The van der Waals surface area contributed by atoms with Gasteiger partial charge in [-0.1, -0.05) is 34.4 Å². The van der Waals surface area contributed by atoms with Crippen molar-refractivity contribution in [1.82, 2.24) is 5.32 Å². The molecule has 9 heteroatoms. The van der Waals surface area contributed by atoms with Crippen molar-refractivity contribution in [3.8, 4) is 0 Å². The lowest BCUT2D eigenvalue weighted by atomic mass is 10.4. The lowest BCUT2D eigenvalue weighted by Gasteiger charge is -2.15. The minimum absolute atomic E-state index is 0. The third kappa shape index (κ3) is 5.71. The summed E-state index contributed by atoms with van der Waals surface area (Å²) in [5.74, 6) is 1.43. The molecule has 0 radical (unpaired) electrons. The second-order valence-electron chi connectivity index (χ2n) is 2.89. The van der Waals surface area contributed by atoms with Crippen LogP contribution < -0.4 is 5.32 Å². The smallest absolute Gasteiger partial charge is 0.352 e. The van der Waals surface area contributed by atoms with Gasteiger partial charge in [-0.15, -0.1) is 11.8 Å². The maximum Gasteiger partial charge on any atom is 0.352 e. The fraction of sp³-hybridized carbons (Fsp3) is 0.625. The highest BCUT2D eigenvalue weighted by molar-refractivity contribution is 14.1. The van der Waals surface area contributed by atoms with Crippen molar-refractivity contribution in [2.45, 2.75) is 6.42 Å². The van der Waals surface area contributed by atoms with Gasteiger partial charge in [0.25, 0.3) is 5.12 Å². The number of carbonyl (C=O) groups is 1. The number of hydrogen-bond acceptors (Lipinski definition) is 6. The minimum Gasteiger partial charge on any atom is -0.374 e. The molecule has 0 aromatic rings. The Bertz CT molecular complexity index is 317. The number of nitrogens with one attached hydrogen (secondary N) is 1. The van der Waals surface area contributed by atoms with Crippen molar-refractivity contribution in [3.63, 3.8) is 0 Å². The molecule has 1 heterocycles. The van der Waals surface area contributed by atoms with Gasteiger partial charge in [0.1, 0.15) is 0 Å². The fourth-order valence-electron chi connectivity index (χ4n) is 1.10. The third-order valence-electron chi connectivity index (χ3n) is 1.75. The van der Waals surface area contributed by atoms with Crippen molar-refractivity contribution in [2.75, 3.05) is 22.5 Å². The second-order valence-corrected chi connectivity index (χ2v) is 6.14. The van der Waals surface area contributed by atoms with Gasteiger partial charge in [-0.25, -0.2) is 0 Å². The molecule has 1 rings (SSSR count). The van der Waals surface area contributed by atoms with Crippen molar-refractivity contribution in [3.05, 3.63) is 20.8 Å². The summed E-state index contributed by atoms with van der Waals surface area (Å²) < 4.78 is 0.801. The molecule has 0 aliphatic carbocycles. The molecular formula is C8H13IN2O3S3. The van der Waals surface area contributed by atoms with E-state index in [1.165, 1.54) is 11.8 Å². The van der Waals surface area contributed by atoms with E-state index >= 15 is 0 Å². The Morgan fingerprint density at radius 2 is 2.35 bits per heavy atom. The first-order chi connectivity index (χ1) is 7.66. The highest BCUT2D eigenvalue weighted by Gasteiger charge is 2.29. The van der Waals surface area contributed by atoms with Crippen LogP contribution >= 0.6 is 59.6 Å². The molecule has 0 aromatic carbocycles. The first kappa shape index (κ1) is 17.4. The van der Waals surface area contributed by atoms with Gasteiger partial charge < -0.3 is 5.32 Å². The van der Waals surface area contributed by atoms with E-state index in [0.717, 1.165) is 28.4 Å². The van der Waals surface area contributed by atoms with Crippen LogP contribution in [0.1, 0.15) is 6.42 Å². The third-order valence-corrected chi connectivity index (χ3v) is 5.01. The van der Waals surface area contributed by atoms with E-state index in [2.05, 4.69) is 27.9 Å². The molecule has 0 saturated carbocycles. The molecule has 17 heavy (non-hydrogen) atoms. The van der Waals surface area contributed by atoms with Gasteiger partial charge in [0.05, 0.1) is 4.92 Å². The number of nitro groups is 1. The number of halogens is 1. The zero-order valence-electron chi connectivity index (χ0n) is 8.90. The van der Waals surface area contributed by atoms with Gasteiger partial charge in [-0.05, 0) is 6.42 Å². The number of alkyl halides is 1. The average Bonchev–Trinajstić information content (AvgIpc) is 2.27. The van der Waals surface area contributed by atoms with Crippen LogP contribution in [-0.4, -0.2) is 32.5 Å². The van der Waals surface area contributed by atoms with Crippen LogP contribution in [0.5, 0.6) is 0 Å². The van der Waals surface area contributed by atoms with Gasteiger partial charge in [0.2, 0.25) is 0 Å². The Morgan fingerprint density at radius 3 is 2.82 bits per heavy atom. The molecular weight excluding hydrogens is 395 g/mol. The van der Waals surface area contributed by atoms with Crippen LogP contribution in [0.3, 0.4) is 0 Å². The normalized spacial score (nSPS) is 17.7. The fourth-order valence-corrected chi connectivity index (χ4v) is 3.40. The van der Waals surface area contributed by atoms with Crippen molar-refractivity contribution >= 4 is 64.7 Å². The van der Waals surface area contributed by atoms with Crippen LogP contribution in [0.4, 0.5) is 0 Å². The average molecular weight is 408 g/mol. The van der Waals surface area contributed by atoms with E-state index in [4.69, 9.17) is 0 Å². The maximum atomic E-state index is 11.6. The summed E-state index contributed by atoms with van der Waals surface area (Å²) in [7, 11) is 0. The highest BCUT2D eigenvalue weighted by Crippen LogP contribution is 2.25. The molecule has 0 aromatic heterocycles. The first-order valence-electron chi connectivity index (χ1n) is 4.65. The lowest BCUT2D eigenvalue weighted by molar-refractivity contribution is -0.418. The summed E-state index contributed by atoms with van der Waals surface area (Å²) in [6.07, 6.45) is 0.967. The molecule has 0 atom stereocenters. The van der Waals surface area contributed by atoms with Gasteiger partial charge in [0.15, 0.2) is 5.03 Å². The Balaban J connectivity index is 0.00000256. The largest absolute Gasteiger partial charge is 0.374 e. The monoisotopic (exact) mass is 408 g/mol. The van der Waals surface area contributed by atoms with E-state index in [1.807, 2.05) is 0 Å². The summed E-state index contributed by atoms with van der Waals surface area (Å²) in [4.78, 5) is 21.9. The molecule has 98 valence electrons. The zero-order valence-corrected chi connectivity index (χ0v) is 13.7. The maximum absolute atomic E-state index is 11.6. The summed E-state index contributed by atoms with van der Waals surface area (Å²) >= 11 is 4.50. The van der Waals surface area contributed by atoms with Gasteiger partial charge >= 0.3 is 5.70 Å². The van der Waals surface area contributed by atoms with Gasteiger partial charge in [-0.2, -0.15) is 13.5 Å². The molecule has 1 N–H and O–H groups in total. The molecule has 1 aliphatic rings.